The van der Waals surface area contributed by atoms with Crippen LogP contribution in [0.1, 0.15) is 11.1 Å². The lowest BCUT2D eigenvalue weighted by Gasteiger charge is -2.02. The maximum Gasteiger partial charge on any atom is 0.0494 e. The number of para-hydroxylation sites is 1. The van der Waals surface area contributed by atoms with Crippen molar-refractivity contribution < 1.29 is 0 Å². The van der Waals surface area contributed by atoms with Crippen LogP contribution in [-0.2, 0) is 7.05 Å². The lowest BCUT2D eigenvalue weighted by atomic mass is 10.0. The fraction of sp³-hybridized carbons (Fsp3) is 0.125. The minimum atomic E-state index is 1.21. The average Bonchev–Trinajstić information content (AvgIpc) is 2.63. The molecule has 0 spiro atoms. The SMILES string of the molecule is C=Cc1cc2c(cc1C)c1ccccc1n2C. The molecule has 0 bridgehead atoms. The van der Waals surface area contributed by atoms with Gasteiger partial charge in [0.15, 0.2) is 0 Å². The van der Waals surface area contributed by atoms with Crippen molar-refractivity contribution in [3.8, 4) is 0 Å². The smallest absolute Gasteiger partial charge is 0.0494 e. The third-order valence-electron chi connectivity index (χ3n) is 3.52. The molecule has 3 rings (SSSR count). The maximum absolute atomic E-state index is 3.87. The van der Waals surface area contributed by atoms with Crippen LogP contribution in [0.4, 0.5) is 0 Å². The molecule has 1 nitrogen and oxygen atoms in total. The van der Waals surface area contributed by atoms with Gasteiger partial charge in [0.2, 0.25) is 0 Å². The van der Waals surface area contributed by atoms with Crippen LogP contribution in [0, 0.1) is 6.92 Å². The largest absolute Gasteiger partial charge is 0.344 e. The van der Waals surface area contributed by atoms with E-state index in [2.05, 4.69) is 61.5 Å². The highest BCUT2D eigenvalue weighted by atomic mass is 14.9. The zero-order valence-electron chi connectivity index (χ0n) is 10.2. The summed E-state index contributed by atoms with van der Waals surface area (Å²) in [5.41, 5.74) is 5.04. The van der Waals surface area contributed by atoms with Gasteiger partial charge in [-0.05, 0) is 36.2 Å². The van der Waals surface area contributed by atoms with Crippen LogP contribution in [-0.4, -0.2) is 4.57 Å². The normalized spacial score (nSPS) is 11.2. The molecule has 17 heavy (non-hydrogen) atoms. The Bertz CT molecular complexity index is 732. The van der Waals surface area contributed by atoms with E-state index < -0.39 is 0 Å². The van der Waals surface area contributed by atoms with Crippen LogP contribution in [0.15, 0.2) is 43.0 Å². The summed E-state index contributed by atoms with van der Waals surface area (Å²) in [7, 11) is 2.12. The summed E-state index contributed by atoms with van der Waals surface area (Å²) in [5, 5.41) is 2.65. The first-order valence-electron chi connectivity index (χ1n) is 5.82. The van der Waals surface area contributed by atoms with E-state index in [0.717, 1.165) is 0 Å². The van der Waals surface area contributed by atoms with Gasteiger partial charge in [0.05, 0.1) is 0 Å². The Labute approximate surface area is 101 Å². The summed E-state index contributed by atoms with van der Waals surface area (Å²) in [6.07, 6.45) is 1.92. The molecule has 0 aliphatic rings. The van der Waals surface area contributed by atoms with Crippen molar-refractivity contribution in [3.05, 3.63) is 54.1 Å². The van der Waals surface area contributed by atoms with E-state index in [0.29, 0.717) is 0 Å². The number of nitrogens with zero attached hydrogens (tertiary/aromatic N) is 1. The van der Waals surface area contributed by atoms with Gasteiger partial charge in [0.25, 0.3) is 0 Å². The van der Waals surface area contributed by atoms with Gasteiger partial charge in [-0.1, -0.05) is 30.9 Å². The van der Waals surface area contributed by atoms with Gasteiger partial charge in [0, 0.05) is 28.9 Å². The van der Waals surface area contributed by atoms with Crippen molar-refractivity contribution in [2.45, 2.75) is 6.92 Å². The summed E-state index contributed by atoms with van der Waals surface area (Å²) in [4.78, 5) is 0. The van der Waals surface area contributed by atoms with Gasteiger partial charge < -0.3 is 4.57 Å². The molecule has 0 aliphatic carbocycles. The van der Waals surface area contributed by atoms with Crippen molar-refractivity contribution in [1.29, 1.82) is 0 Å². The van der Waals surface area contributed by atoms with Crippen LogP contribution in [0.5, 0.6) is 0 Å². The molecule has 3 aromatic rings. The molecule has 0 N–H and O–H groups in total. The van der Waals surface area contributed by atoms with E-state index in [9.17, 15) is 0 Å². The highest BCUT2D eigenvalue weighted by molar-refractivity contribution is 6.08. The van der Waals surface area contributed by atoms with Crippen molar-refractivity contribution >= 4 is 27.9 Å². The molecule has 1 heterocycles. The Morgan fingerprint density at radius 3 is 2.59 bits per heavy atom. The highest BCUT2D eigenvalue weighted by Crippen LogP contribution is 2.30. The lowest BCUT2D eigenvalue weighted by Crippen LogP contribution is -1.87. The first-order chi connectivity index (χ1) is 8.22. The molecule has 0 amide bonds. The van der Waals surface area contributed by atoms with E-state index in [1.54, 1.807) is 0 Å². The number of hydrogen-bond donors (Lipinski definition) is 0. The van der Waals surface area contributed by atoms with Gasteiger partial charge in [0.1, 0.15) is 0 Å². The average molecular weight is 221 g/mol. The zero-order valence-corrected chi connectivity index (χ0v) is 10.2. The summed E-state index contributed by atoms with van der Waals surface area (Å²) in [6.45, 7) is 6.01. The van der Waals surface area contributed by atoms with Crippen LogP contribution in [0.25, 0.3) is 27.9 Å². The number of benzene rings is 2. The second-order valence-electron chi connectivity index (χ2n) is 4.51. The summed E-state index contributed by atoms with van der Waals surface area (Å²) in [6, 6.07) is 13.0. The topological polar surface area (TPSA) is 4.93 Å². The molecule has 2 aromatic carbocycles. The van der Waals surface area contributed by atoms with Gasteiger partial charge in [-0.2, -0.15) is 0 Å². The van der Waals surface area contributed by atoms with Gasteiger partial charge >= 0.3 is 0 Å². The Morgan fingerprint density at radius 1 is 1.06 bits per heavy atom. The quantitative estimate of drug-likeness (QED) is 0.578. The van der Waals surface area contributed by atoms with Crippen LogP contribution in [0.2, 0.25) is 0 Å². The molecule has 84 valence electrons. The molecular weight excluding hydrogens is 206 g/mol. The van der Waals surface area contributed by atoms with Crippen molar-refractivity contribution in [2.75, 3.05) is 0 Å². The fourth-order valence-corrected chi connectivity index (χ4v) is 2.55. The van der Waals surface area contributed by atoms with Gasteiger partial charge in [-0.25, -0.2) is 0 Å². The van der Waals surface area contributed by atoms with Crippen LogP contribution >= 0.6 is 0 Å². The summed E-state index contributed by atoms with van der Waals surface area (Å²) >= 11 is 0. The molecule has 0 atom stereocenters. The predicted octanol–water partition coefficient (Wildman–Crippen LogP) is 4.28. The third-order valence-corrected chi connectivity index (χ3v) is 3.52. The standard InChI is InChI=1S/C16H15N/c1-4-12-10-16-14(9-11(12)2)13-7-5-6-8-15(13)17(16)3/h4-10H,1H2,2-3H3. The summed E-state index contributed by atoms with van der Waals surface area (Å²) in [5.74, 6) is 0. The molecule has 0 aliphatic heterocycles. The zero-order chi connectivity index (χ0) is 12.0. The number of hydrogen-bond acceptors (Lipinski definition) is 0. The Hall–Kier alpha value is -2.02. The van der Waals surface area contributed by atoms with E-state index in [-0.39, 0.29) is 0 Å². The number of fused-ring (bicyclic) bond motifs is 3. The van der Waals surface area contributed by atoms with Crippen LogP contribution in [0.3, 0.4) is 0 Å². The number of rotatable bonds is 1. The summed E-state index contributed by atoms with van der Waals surface area (Å²) < 4.78 is 2.25. The predicted molar refractivity (Wildman–Crippen MR) is 75.3 cm³/mol. The molecule has 0 radical (unpaired) electrons. The Morgan fingerprint density at radius 2 is 1.82 bits per heavy atom. The van der Waals surface area contributed by atoms with E-state index in [1.165, 1.54) is 32.9 Å². The maximum atomic E-state index is 3.87. The molecular formula is C16H15N. The minimum absolute atomic E-state index is 1.21. The minimum Gasteiger partial charge on any atom is -0.344 e. The second kappa shape index (κ2) is 3.49. The van der Waals surface area contributed by atoms with Crippen molar-refractivity contribution in [3.63, 3.8) is 0 Å². The molecule has 0 saturated carbocycles. The van der Waals surface area contributed by atoms with E-state index >= 15 is 0 Å². The molecule has 0 saturated heterocycles. The monoisotopic (exact) mass is 221 g/mol. The number of aryl methyl sites for hydroxylation is 2. The fourth-order valence-electron chi connectivity index (χ4n) is 2.55. The molecule has 0 fully saturated rings. The van der Waals surface area contributed by atoms with Crippen LogP contribution < -0.4 is 0 Å². The van der Waals surface area contributed by atoms with Crippen molar-refractivity contribution in [1.82, 2.24) is 4.57 Å². The highest BCUT2D eigenvalue weighted by Gasteiger charge is 2.08. The first-order valence-corrected chi connectivity index (χ1v) is 5.82. The Balaban J connectivity index is 2.57. The Kier molecular flexibility index (Phi) is 2.08. The van der Waals surface area contributed by atoms with Gasteiger partial charge in [-0.15, -0.1) is 0 Å². The second-order valence-corrected chi connectivity index (χ2v) is 4.51. The van der Waals surface area contributed by atoms with Crippen molar-refractivity contribution in [2.24, 2.45) is 7.05 Å². The third kappa shape index (κ3) is 1.32. The first kappa shape index (κ1) is 10.2. The molecule has 1 heteroatoms. The van der Waals surface area contributed by atoms with E-state index in [4.69, 9.17) is 0 Å². The van der Waals surface area contributed by atoms with Gasteiger partial charge in [-0.3, -0.25) is 0 Å². The molecule has 1 aromatic heterocycles. The van der Waals surface area contributed by atoms with E-state index in [1.807, 2.05) is 6.08 Å². The molecule has 0 unspecified atom stereocenters. The number of aromatic nitrogens is 1. The lowest BCUT2D eigenvalue weighted by molar-refractivity contribution is 1.01.